The third kappa shape index (κ3) is 4.50. The number of carbonyl (C=O) groups is 1. The SMILES string of the molecule is CCC(NC(O)N1CC(=O)Nc2cccnc21)c1ccc(OC(F)F)cc1. The van der Waals surface area contributed by atoms with Gasteiger partial charge in [-0.3, -0.25) is 10.1 Å². The lowest BCUT2D eigenvalue weighted by Crippen LogP contribution is -2.52. The quantitative estimate of drug-likeness (QED) is 0.642. The molecule has 1 aliphatic rings. The number of anilines is 2. The van der Waals surface area contributed by atoms with Gasteiger partial charge in [0.2, 0.25) is 5.91 Å². The van der Waals surface area contributed by atoms with E-state index in [1.54, 1.807) is 30.5 Å². The van der Waals surface area contributed by atoms with E-state index in [0.29, 0.717) is 17.9 Å². The van der Waals surface area contributed by atoms with Crippen molar-refractivity contribution in [2.24, 2.45) is 0 Å². The number of nitrogens with zero attached hydrogens (tertiary/aromatic N) is 2. The molecule has 0 fully saturated rings. The van der Waals surface area contributed by atoms with Crippen LogP contribution in [0.3, 0.4) is 0 Å². The fraction of sp³-hybridized carbons (Fsp3) is 0.333. The van der Waals surface area contributed by atoms with Crippen molar-refractivity contribution in [3.8, 4) is 5.75 Å². The third-order valence-corrected chi connectivity index (χ3v) is 4.21. The maximum atomic E-state index is 12.3. The number of fused-ring (bicyclic) bond motifs is 1. The third-order valence-electron chi connectivity index (χ3n) is 4.21. The van der Waals surface area contributed by atoms with Crippen molar-refractivity contribution in [2.75, 3.05) is 16.8 Å². The highest BCUT2D eigenvalue weighted by atomic mass is 19.3. The molecule has 0 radical (unpaired) electrons. The van der Waals surface area contributed by atoms with Gasteiger partial charge in [-0.05, 0) is 36.2 Å². The summed E-state index contributed by atoms with van der Waals surface area (Å²) in [7, 11) is 0. The predicted octanol–water partition coefficient (Wildman–Crippen LogP) is 2.46. The average molecular weight is 378 g/mol. The lowest BCUT2D eigenvalue weighted by atomic mass is 10.0. The number of pyridine rings is 1. The molecule has 144 valence electrons. The van der Waals surface area contributed by atoms with Crippen LogP contribution >= 0.6 is 0 Å². The number of amides is 1. The number of aliphatic hydroxyl groups excluding tert-OH is 1. The van der Waals surface area contributed by atoms with Gasteiger partial charge in [0.1, 0.15) is 12.3 Å². The normalized spacial score (nSPS) is 15.9. The molecular formula is C18H20F2N4O3. The Hall–Kier alpha value is -2.78. The fourth-order valence-electron chi connectivity index (χ4n) is 2.95. The Bertz CT molecular complexity index is 788. The Labute approximate surface area is 155 Å². The Morgan fingerprint density at radius 2 is 2.07 bits per heavy atom. The van der Waals surface area contributed by atoms with Crippen LogP contribution in [0, 0.1) is 0 Å². The van der Waals surface area contributed by atoms with Crippen LogP contribution in [-0.2, 0) is 4.79 Å². The first-order valence-electron chi connectivity index (χ1n) is 8.48. The van der Waals surface area contributed by atoms with Crippen LogP contribution in [0.5, 0.6) is 5.75 Å². The number of benzene rings is 1. The van der Waals surface area contributed by atoms with E-state index >= 15 is 0 Å². The van der Waals surface area contributed by atoms with E-state index < -0.39 is 13.0 Å². The summed E-state index contributed by atoms with van der Waals surface area (Å²) in [6, 6.07) is 9.34. The standard InChI is InChI=1S/C18H20F2N4O3/c1-2-13(11-5-7-12(8-6-11)27-17(19)20)23-18(26)24-10-15(25)22-14-4-3-9-21-16(14)24/h3-9,13,17-18,23,26H,2,10H2,1H3,(H,22,25). The topological polar surface area (TPSA) is 86.7 Å². The van der Waals surface area contributed by atoms with E-state index in [4.69, 9.17) is 0 Å². The summed E-state index contributed by atoms with van der Waals surface area (Å²) < 4.78 is 28.9. The van der Waals surface area contributed by atoms with Gasteiger partial charge in [-0.25, -0.2) is 4.98 Å². The summed E-state index contributed by atoms with van der Waals surface area (Å²) >= 11 is 0. The van der Waals surface area contributed by atoms with Crippen LogP contribution in [0.4, 0.5) is 20.3 Å². The second-order valence-electron chi connectivity index (χ2n) is 6.00. The molecule has 3 N–H and O–H groups in total. The van der Waals surface area contributed by atoms with Gasteiger partial charge < -0.3 is 20.1 Å². The summed E-state index contributed by atoms with van der Waals surface area (Å²) in [5.41, 5.74) is 1.32. The van der Waals surface area contributed by atoms with E-state index in [9.17, 15) is 18.7 Å². The van der Waals surface area contributed by atoms with E-state index in [1.165, 1.54) is 17.0 Å². The first-order chi connectivity index (χ1) is 13.0. The molecule has 2 unspecified atom stereocenters. The molecule has 9 heteroatoms. The first kappa shape index (κ1) is 19.0. The molecule has 0 spiro atoms. The number of nitrogens with one attached hydrogen (secondary N) is 2. The van der Waals surface area contributed by atoms with Crippen molar-refractivity contribution in [3.63, 3.8) is 0 Å². The lowest BCUT2D eigenvalue weighted by molar-refractivity contribution is -0.115. The van der Waals surface area contributed by atoms with Crippen molar-refractivity contribution >= 4 is 17.4 Å². The highest BCUT2D eigenvalue weighted by molar-refractivity contribution is 6.00. The maximum Gasteiger partial charge on any atom is 0.387 e. The van der Waals surface area contributed by atoms with Crippen LogP contribution in [0.1, 0.15) is 24.9 Å². The lowest BCUT2D eigenvalue weighted by Gasteiger charge is -2.35. The van der Waals surface area contributed by atoms with Gasteiger partial charge in [-0.1, -0.05) is 19.1 Å². The maximum absolute atomic E-state index is 12.3. The molecule has 2 heterocycles. The summed E-state index contributed by atoms with van der Waals surface area (Å²) in [4.78, 5) is 17.6. The highest BCUT2D eigenvalue weighted by Gasteiger charge is 2.29. The van der Waals surface area contributed by atoms with Gasteiger partial charge in [0, 0.05) is 12.2 Å². The smallest absolute Gasteiger partial charge is 0.387 e. The minimum absolute atomic E-state index is 0.0459. The molecule has 1 aliphatic heterocycles. The second kappa shape index (κ2) is 8.28. The summed E-state index contributed by atoms with van der Waals surface area (Å²) in [5, 5.41) is 16.4. The van der Waals surface area contributed by atoms with Gasteiger partial charge in [0.05, 0.1) is 5.69 Å². The van der Waals surface area contributed by atoms with Crippen LogP contribution in [0.2, 0.25) is 0 Å². The molecule has 27 heavy (non-hydrogen) atoms. The number of hydrogen-bond donors (Lipinski definition) is 3. The molecule has 1 aromatic carbocycles. The molecule has 0 aliphatic carbocycles. The number of ether oxygens (including phenoxy) is 1. The zero-order valence-corrected chi connectivity index (χ0v) is 14.6. The number of aromatic nitrogens is 1. The van der Waals surface area contributed by atoms with E-state index in [-0.39, 0.29) is 24.2 Å². The zero-order valence-electron chi connectivity index (χ0n) is 14.6. The minimum Gasteiger partial charge on any atom is -0.435 e. The molecule has 0 saturated heterocycles. The highest BCUT2D eigenvalue weighted by Crippen LogP contribution is 2.28. The van der Waals surface area contributed by atoms with Gasteiger partial charge in [-0.15, -0.1) is 0 Å². The minimum atomic E-state index is -2.88. The van der Waals surface area contributed by atoms with E-state index in [1.807, 2.05) is 6.92 Å². The molecule has 0 bridgehead atoms. The number of hydrogen-bond acceptors (Lipinski definition) is 6. The predicted molar refractivity (Wildman–Crippen MR) is 95.5 cm³/mol. The fourth-order valence-corrected chi connectivity index (χ4v) is 2.95. The van der Waals surface area contributed by atoms with Crippen molar-refractivity contribution in [1.82, 2.24) is 10.3 Å². The summed E-state index contributed by atoms with van der Waals surface area (Å²) in [6.07, 6.45) is 1.04. The number of halogens is 2. The van der Waals surface area contributed by atoms with Crippen molar-refractivity contribution in [3.05, 3.63) is 48.2 Å². The van der Waals surface area contributed by atoms with Crippen LogP contribution in [-0.4, -0.2) is 35.5 Å². The molecule has 2 aromatic rings. The van der Waals surface area contributed by atoms with Crippen LogP contribution < -0.4 is 20.3 Å². The molecule has 2 atom stereocenters. The van der Waals surface area contributed by atoms with Gasteiger partial charge >= 0.3 is 6.61 Å². The van der Waals surface area contributed by atoms with Crippen molar-refractivity contribution < 1.29 is 23.4 Å². The zero-order chi connectivity index (χ0) is 19.4. The average Bonchev–Trinajstić information content (AvgIpc) is 2.65. The summed E-state index contributed by atoms with van der Waals surface area (Å²) in [5.74, 6) is 0.278. The summed E-state index contributed by atoms with van der Waals surface area (Å²) in [6.45, 7) is -1.01. The van der Waals surface area contributed by atoms with Crippen LogP contribution in [0.25, 0.3) is 0 Å². The number of rotatable bonds is 7. The molecular weight excluding hydrogens is 358 g/mol. The van der Waals surface area contributed by atoms with Gasteiger partial charge in [0.15, 0.2) is 12.2 Å². The van der Waals surface area contributed by atoms with Crippen LogP contribution in [0.15, 0.2) is 42.6 Å². The Morgan fingerprint density at radius 3 is 2.74 bits per heavy atom. The van der Waals surface area contributed by atoms with E-state index in [2.05, 4.69) is 20.4 Å². The van der Waals surface area contributed by atoms with Crippen molar-refractivity contribution in [2.45, 2.75) is 32.3 Å². The number of carbonyl (C=O) groups excluding carboxylic acids is 1. The molecule has 1 amide bonds. The molecule has 1 aromatic heterocycles. The molecule has 7 nitrogen and oxygen atoms in total. The monoisotopic (exact) mass is 378 g/mol. The largest absolute Gasteiger partial charge is 0.435 e. The molecule has 3 rings (SSSR count). The van der Waals surface area contributed by atoms with Gasteiger partial charge in [-0.2, -0.15) is 8.78 Å². The first-order valence-corrected chi connectivity index (χ1v) is 8.48. The van der Waals surface area contributed by atoms with Crippen molar-refractivity contribution in [1.29, 1.82) is 0 Å². The molecule has 0 saturated carbocycles. The Morgan fingerprint density at radius 1 is 1.33 bits per heavy atom. The Kier molecular flexibility index (Phi) is 5.82. The number of aliphatic hydroxyl groups is 1. The number of alkyl halides is 2. The van der Waals surface area contributed by atoms with Gasteiger partial charge in [0.25, 0.3) is 0 Å². The second-order valence-corrected chi connectivity index (χ2v) is 6.00. The van der Waals surface area contributed by atoms with E-state index in [0.717, 1.165) is 5.56 Å². The Balaban J connectivity index is 1.74.